The van der Waals surface area contributed by atoms with Gasteiger partial charge in [-0.25, -0.2) is 8.42 Å². The highest BCUT2D eigenvalue weighted by atomic mass is 32.2. The van der Waals surface area contributed by atoms with E-state index in [1.807, 2.05) is 55.1 Å². The number of aryl methyl sites for hydroxylation is 1. The molecular weight excluding hydrogens is 374 g/mol. The van der Waals surface area contributed by atoms with Crippen molar-refractivity contribution in [2.24, 2.45) is 0 Å². The Bertz CT molecular complexity index is 918. The Morgan fingerprint density at radius 3 is 2.67 bits per heavy atom. The number of thioether (sulfide) groups is 1. The Morgan fingerprint density at radius 2 is 1.85 bits per heavy atom. The van der Waals surface area contributed by atoms with E-state index in [1.54, 1.807) is 4.31 Å². The lowest BCUT2D eigenvalue weighted by atomic mass is 10.0. The van der Waals surface area contributed by atoms with Gasteiger partial charge >= 0.3 is 0 Å². The zero-order valence-electron chi connectivity index (χ0n) is 15.9. The summed E-state index contributed by atoms with van der Waals surface area (Å²) in [7, 11) is -3.53. The molecule has 0 radical (unpaired) electrons. The molecule has 0 saturated heterocycles. The predicted molar refractivity (Wildman–Crippen MR) is 114 cm³/mol. The maximum atomic E-state index is 13.5. The zero-order valence-corrected chi connectivity index (χ0v) is 17.5. The number of hydrogen-bond donors (Lipinski definition) is 0. The highest BCUT2D eigenvalue weighted by Gasteiger charge is 2.32. The zero-order chi connectivity index (χ0) is 18.9. The molecule has 2 aliphatic rings. The Balaban J connectivity index is 1.62. The molecule has 144 valence electrons. The molecule has 3 nitrogen and oxygen atoms in total. The summed E-state index contributed by atoms with van der Waals surface area (Å²) >= 11 is 1.93. The van der Waals surface area contributed by atoms with Crippen molar-refractivity contribution in [1.82, 2.24) is 0 Å². The van der Waals surface area contributed by atoms with Crippen LogP contribution >= 0.6 is 11.8 Å². The fourth-order valence-corrected chi connectivity index (χ4v) is 7.31. The summed E-state index contributed by atoms with van der Waals surface area (Å²) < 4.78 is 28.6. The third-order valence-electron chi connectivity index (χ3n) is 5.66. The number of rotatable bonds is 5. The molecule has 27 heavy (non-hydrogen) atoms. The molecule has 1 saturated carbocycles. The van der Waals surface area contributed by atoms with E-state index in [9.17, 15) is 8.42 Å². The van der Waals surface area contributed by atoms with Gasteiger partial charge in [-0.15, -0.1) is 0 Å². The third-order valence-corrected chi connectivity index (χ3v) is 8.99. The molecule has 2 aromatic rings. The van der Waals surface area contributed by atoms with Crippen LogP contribution in [0, 0.1) is 6.92 Å². The molecule has 4 rings (SSSR count). The maximum absolute atomic E-state index is 13.5. The van der Waals surface area contributed by atoms with Gasteiger partial charge in [0.15, 0.2) is 0 Å². The molecule has 0 spiro atoms. The van der Waals surface area contributed by atoms with Crippen LogP contribution in [0.15, 0.2) is 47.4 Å². The van der Waals surface area contributed by atoms with Gasteiger partial charge in [0.05, 0.1) is 10.6 Å². The summed E-state index contributed by atoms with van der Waals surface area (Å²) in [5.74, 6) is 0.774. The second kappa shape index (κ2) is 7.88. The van der Waals surface area contributed by atoms with Crippen LogP contribution < -0.4 is 4.31 Å². The first-order valence-corrected chi connectivity index (χ1v) is 12.4. The summed E-state index contributed by atoms with van der Waals surface area (Å²) in [6.07, 6.45) is 7.27. The van der Waals surface area contributed by atoms with Crippen LogP contribution in [0.5, 0.6) is 0 Å². The molecule has 0 bridgehead atoms. The van der Waals surface area contributed by atoms with Crippen molar-refractivity contribution in [2.75, 3.05) is 10.8 Å². The van der Waals surface area contributed by atoms with E-state index in [-0.39, 0.29) is 0 Å². The van der Waals surface area contributed by atoms with E-state index in [1.165, 1.54) is 32.1 Å². The summed E-state index contributed by atoms with van der Waals surface area (Å²) in [6.45, 7) is 2.57. The molecule has 0 N–H and O–H groups in total. The second-order valence-corrected chi connectivity index (χ2v) is 10.8. The van der Waals surface area contributed by atoms with E-state index in [2.05, 4.69) is 6.07 Å². The van der Waals surface area contributed by atoms with Crippen LogP contribution in [0.1, 0.15) is 48.8 Å². The number of nitrogens with zero attached hydrogens (tertiary/aromatic N) is 1. The average Bonchev–Trinajstić information content (AvgIpc) is 3.12. The first-order chi connectivity index (χ1) is 13.1. The Hall–Kier alpha value is -1.46. The largest absolute Gasteiger partial charge is 0.266 e. The van der Waals surface area contributed by atoms with Crippen LogP contribution in [-0.4, -0.2) is 20.2 Å². The number of anilines is 1. The van der Waals surface area contributed by atoms with Crippen LogP contribution in [0.3, 0.4) is 0 Å². The normalized spacial score (nSPS) is 17.9. The lowest BCUT2D eigenvalue weighted by molar-refractivity contribution is 0.516. The lowest BCUT2D eigenvalue weighted by Crippen LogP contribution is -2.30. The number of fused-ring (bicyclic) bond motifs is 1. The van der Waals surface area contributed by atoms with Gasteiger partial charge in [0.1, 0.15) is 0 Å². The monoisotopic (exact) mass is 401 g/mol. The second-order valence-electron chi connectivity index (χ2n) is 7.64. The smallest absolute Gasteiger partial charge is 0.264 e. The number of para-hydroxylation sites is 1. The number of sulfonamides is 1. The summed E-state index contributed by atoms with van der Waals surface area (Å²) in [6, 6.07) is 13.6. The van der Waals surface area contributed by atoms with Gasteiger partial charge in [-0.1, -0.05) is 55.2 Å². The molecule has 5 heteroatoms. The van der Waals surface area contributed by atoms with Crippen LogP contribution in [-0.2, 0) is 22.2 Å². The standard InChI is InChI=1S/C22H27NO2S2/c1-17-11-12-22(19(15-17)16-26-20-8-3-2-4-9-20)27(24,25)23-14-13-18-7-5-6-10-21(18)23/h5-7,10-12,15,20H,2-4,8-9,13-14,16H2,1H3. The first kappa shape index (κ1) is 18.9. The molecule has 1 aliphatic heterocycles. The quantitative estimate of drug-likeness (QED) is 0.681. The van der Waals surface area contributed by atoms with Gasteiger partial charge in [0.25, 0.3) is 10.0 Å². The fraction of sp³-hybridized carbons (Fsp3) is 0.455. The van der Waals surface area contributed by atoms with Crippen molar-refractivity contribution in [2.45, 2.75) is 61.3 Å². The van der Waals surface area contributed by atoms with Crippen molar-refractivity contribution in [3.8, 4) is 0 Å². The number of benzene rings is 2. The van der Waals surface area contributed by atoms with E-state index in [0.717, 1.165) is 34.6 Å². The van der Waals surface area contributed by atoms with Crippen molar-refractivity contribution in [1.29, 1.82) is 0 Å². The summed E-state index contributed by atoms with van der Waals surface area (Å²) in [4.78, 5) is 0.480. The van der Waals surface area contributed by atoms with Gasteiger partial charge in [0.2, 0.25) is 0 Å². The highest BCUT2D eigenvalue weighted by molar-refractivity contribution is 7.99. The molecule has 1 fully saturated rings. The van der Waals surface area contributed by atoms with Crippen LogP contribution in [0.2, 0.25) is 0 Å². The minimum absolute atomic E-state index is 0.480. The molecule has 1 aliphatic carbocycles. The molecular formula is C22H27NO2S2. The molecule has 2 aromatic carbocycles. The van der Waals surface area contributed by atoms with Gasteiger partial charge in [-0.2, -0.15) is 11.8 Å². The topological polar surface area (TPSA) is 37.4 Å². The van der Waals surface area contributed by atoms with Gasteiger partial charge in [-0.05, 0) is 49.4 Å². The van der Waals surface area contributed by atoms with Gasteiger partial charge < -0.3 is 0 Å². The van der Waals surface area contributed by atoms with E-state index in [0.29, 0.717) is 16.7 Å². The highest BCUT2D eigenvalue weighted by Crippen LogP contribution is 2.36. The van der Waals surface area contributed by atoms with Crippen molar-refractivity contribution in [3.05, 3.63) is 59.2 Å². The van der Waals surface area contributed by atoms with E-state index >= 15 is 0 Å². The maximum Gasteiger partial charge on any atom is 0.264 e. The molecule has 0 aromatic heterocycles. The Morgan fingerprint density at radius 1 is 1.07 bits per heavy atom. The van der Waals surface area contributed by atoms with Crippen LogP contribution in [0.4, 0.5) is 5.69 Å². The predicted octanol–water partition coefficient (Wildman–Crippen LogP) is 5.31. The number of hydrogen-bond acceptors (Lipinski definition) is 3. The van der Waals surface area contributed by atoms with Gasteiger partial charge in [0, 0.05) is 17.5 Å². The summed E-state index contributed by atoms with van der Waals surface area (Å²) in [5.41, 5.74) is 4.03. The first-order valence-electron chi connectivity index (χ1n) is 9.87. The third kappa shape index (κ3) is 3.90. The Kier molecular flexibility index (Phi) is 5.51. The Labute approximate surface area is 167 Å². The van der Waals surface area contributed by atoms with Crippen LogP contribution in [0.25, 0.3) is 0 Å². The molecule has 1 heterocycles. The van der Waals surface area contributed by atoms with E-state index in [4.69, 9.17) is 0 Å². The van der Waals surface area contributed by atoms with Crippen molar-refractivity contribution < 1.29 is 8.42 Å². The van der Waals surface area contributed by atoms with Crippen molar-refractivity contribution in [3.63, 3.8) is 0 Å². The van der Waals surface area contributed by atoms with Gasteiger partial charge in [-0.3, -0.25) is 4.31 Å². The molecule has 0 unspecified atom stereocenters. The molecule has 0 atom stereocenters. The fourth-order valence-electron chi connectivity index (χ4n) is 4.19. The average molecular weight is 402 g/mol. The minimum Gasteiger partial charge on any atom is -0.266 e. The molecule has 0 amide bonds. The van der Waals surface area contributed by atoms with E-state index < -0.39 is 10.0 Å². The van der Waals surface area contributed by atoms with Crippen molar-refractivity contribution >= 4 is 27.5 Å². The lowest BCUT2D eigenvalue weighted by Gasteiger charge is -2.24. The summed E-state index contributed by atoms with van der Waals surface area (Å²) in [5, 5.41) is 0.669. The SMILES string of the molecule is Cc1ccc(S(=O)(=O)N2CCc3ccccc32)c(CSC2CCCCC2)c1. The minimum atomic E-state index is -3.53.